The number of thioether (sulfide) groups is 2. The van der Waals surface area contributed by atoms with Crippen LogP contribution in [0, 0.1) is 5.92 Å². The molecule has 30 heavy (non-hydrogen) atoms. The van der Waals surface area contributed by atoms with E-state index in [4.69, 9.17) is 16.7 Å². The molecule has 2 heterocycles. The highest BCUT2D eigenvalue weighted by molar-refractivity contribution is 8.18. The van der Waals surface area contributed by atoms with Crippen molar-refractivity contribution in [2.45, 2.75) is 32.1 Å². The predicted molar refractivity (Wildman–Crippen MR) is 121 cm³/mol. The summed E-state index contributed by atoms with van der Waals surface area (Å²) in [6, 6.07) is 4.24. The number of rotatable bonds is 4. The number of aliphatic imine (C=N–C) groups is 2. The second-order valence-electron chi connectivity index (χ2n) is 7.06. The molecule has 0 spiro atoms. The van der Waals surface area contributed by atoms with Crippen LogP contribution in [0.25, 0.3) is 0 Å². The van der Waals surface area contributed by atoms with Gasteiger partial charge in [-0.1, -0.05) is 41.5 Å². The van der Waals surface area contributed by atoms with Gasteiger partial charge in [0.15, 0.2) is 5.17 Å². The average molecular weight is 464 g/mol. The SMILES string of the molecule is O=C(CSC1=NC(=O)C2C(=N1)SC1=C2CCCCC1)Nc1ccc(Cl)c(C(=O)O)c1. The second kappa shape index (κ2) is 8.95. The van der Waals surface area contributed by atoms with Crippen molar-refractivity contribution in [3.05, 3.63) is 39.3 Å². The third-order valence-corrected chi connectivity index (χ3v) is 7.43. The number of halogens is 1. The van der Waals surface area contributed by atoms with E-state index < -0.39 is 5.97 Å². The number of benzene rings is 1. The lowest BCUT2D eigenvalue weighted by Crippen LogP contribution is -2.25. The summed E-state index contributed by atoms with van der Waals surface area (Å²) in [4.78, 5) is 45.9. The van der Waals surface area contributed by atoms with Gasteiger partial charge < -0.3 is 10.4 Å². The zero-order valence-corrected chi connectivity index (χ0v) is 18.2. The van der Waals surface area contributed by atoms with Gasteiger partial charge in [0.2, 0.25) is 5.91 Å². The van der Waals surface area contributed by atoms with Gasteiger partial charge in [0.1, 0.15) is 5.92 Å². The van der Waals surface area contributed by atoms with Crippen LogP contribution in [-0.2, 0) is 9.59 Å². The summed E-state index contributed by atoms with van der Waals surface area (Å²) in [6.07, 6.45) is 5.33. The predicted octanol–water partition coefficient (Wildman–Crippen LogP) is 4.59. The number of nitrogens with one attached hydrogen (secondary N) is 1. The van der Waals surface area contributed by atoms with E-state index in [0.717, 1.165) is 42.5 Å². The van der Waals surface area contributed by atoms with Crippen LogP contribution in [0.2, 0.25) is 5.02 Å². The van der Waals surface area contributed by atoms with Crippen molar-refractivity contribution in [2.24, 2.45) is 15.9 Å². The van der Waals surface area contributed by atoms with Crippen molar-refractivity contribution in [3.8, 4) is 0 Å². The first-order chi connectivity index (χ1) is 14.4. The summed E-state index contributed by atoms with van der Waals surface area (Å²) in [5.41, 5.74) is 1.42. The number of fused-ring (bicyclic) bond motifs is 2. The Hall–Kier alpha value is -2.10. The van der Waals surface area contributed by atoms with Crippen molar-refractivity contribution < 1.29 is 19.5 Å². The van der Waals surface area contributed by atoms with Crippen LogP contribution >= 0.6 is 35.1 Å². The van der Waals surface area contributed by atoms with E-state index in [2.05, 4.69) is 15.3 Å². The van der Waals surface area contributed by atoms with Crippen molar-refractivity contribution in [1.82, 2.24) is 0 Å². The Balaban J connectivity index is 1.38. The Kier molecular flexibility index (Phi) is 6.31. The largest absolute Gasteiger partial charge is 0.478 e. The first-order valence-corrected chi connectivity index (χ1v) is 11.7. The number of amides is 2. The third kappa shape index (κ3) is 4.48. The summed E-state index contributed by atoms with van der Waals surface area (Å²) in [6.45, 7) is 0. The van der Waals surface area contributed by atoms with E-state index in [-0.39, 0.29) is 39.2 Å². The van der Waals surface area contributed by atoms with Crippen LogP contribution in [0.1, 0.15) is 42.5 Å². The number of anilines is 1. The lowest BCUT2D eigenvalue weighted by Gasteiger charge is -2.16. The third-order valence-electron chi connectivity index (χ3n) is 5.00. The maximum absolute atomic E-state index is 12.6. The Morgan fingerprint density at radius 2 is 2.03 bits per heavy atom. The molecule has 0 saturated carbocycles. The maximum Gasteiger partial charge on any atom is 0.337 e. The number of carbonyl (C=O) groups excluding carboxylic acids is 2. The summed E-state index contributed by atoms with van der Waals surface area (Å²) in [5.74, 6) is -2.07. The minimum absolute atomic E-state index is 0.00357. The molecule has 0 radical (unpaired) electrons. The van der Waals surface area contributed by atoms with E-state index in [1.165, 1.54) is 35.1 Å². The number of nitrogens with zero attached hydrogens (tertiary/aromatic N) is 2. The van der Waals surface area contributed by atoms with Crippen LogP contribution in [0.15, 0.2) is 38.7 Å². The molecular formula is C20H18ClN3O4S2. The molecule has 0 fully saturated rings. The van der Waals surface area contributed by atoms with E-state index >= 15 is 0 Å². The quantitative estimate of drug-likeness (QED) is 0.676. The number of carbonyl (C=O) groups is 3. The summed E-state index contributed by atoms with van der Waals surface area (Å²) >= 11 is 8.51. The highest BCUT2D eigenvalue weighted by Gasteiger charge is 2.40. The Morgan fingerprint density at radius 3 is 2.83 bits per heavy atom. The molecule has 156 valence electrons. The molecule has 3 aliphatic rings. The van der Waals surface area contributed by atoms with Gasteiger partial charge in [-0.3, -0.25) is 9.59 Å². The molecular weight excluding hydrogens is 446 g/mol. The molecule has 0 saturated heterocycles. The molecule has 1 aromatic carbocycles. The number of aromatic carboxylic acids is 1. The fourth-order valence-corrected chi connectivity index (χ4v) is 5.86. The molecule has 1 aliphatic carbocycles. The number of hydrogen-bond donors (Lipinski definition) is 2. The molecule has 1 unspecified atom stereocenters. The summed E-state index contributed by atoms with van der Waals surface area (Å²) in [5, 5.41) is 12.9. The van der Waals surface area contributed by atoms with E-state index in [9.17, 15) is 14.4 Å². The standard InChI is InChI=1S/C20H18ClN3O4S2/c21-13-7-6-10(8-12(13)19(27)28)22-15(25)9-29-20-23-17(26)16-11-4-2-1-3-5-14(11)30-18(16)24-20/h6-8,16H,1-5,9H2,(H,22,25)(H,27,28). The monoisotopic (exact) mass is 463 g/mol. The number of allylic oxidation sites excluding steroid dienone is 1. The van der Waals surface area contributed by atoms with Gasteiger partial charge in [-0.15, -0.1) is 0 Å². The number of amidine groups is 1. The lowest BCUT2D eigenvalue weighted by atomic mass is 9.95. The van der Waals surface area contributed by atoms with E-state index in [1.807, 2.05) is 0 Å². The fourth-order valence-electron chi connectivity index (χ4n) is 3.61. The van der Waals surface area contributed by atoms with E-state index in [0.29, 0.717) is 5.69 Å². The average Bonchev–Trinajstić information content (AvgIpc) is 2.89. The minimum Gasteiger partial charge on any atom is -0.478 e. The molecule has 0 aromatic heterocycles. The number of carboxylic acids is 1. The van der Waals surface area contributed by atoms with Gasteiger partial charge in [0.25, 0.3) is 5.91 Å². The van der Waals surface area contributed by atoms with Crippen molar-refractivity contribution in [2.75, 3.05) is 11.1 Å². The smallest absolute Gasteiger partial charge is 0.337 e. The number of hydrogen-bond acceptors (Lipinski definition) is 6. The zero-order chi connectivity index (χ0) is 21.3. The molecule has 4 rings (SSSR count). The highest BCUT2D eigenvalue weighted by atomic mass is 35.5. The van der Waals surface area contributed by atoms with Crippen molar-refractivity contribution in [1.29, 1.82) is 0 Å². The first kappa shape index (κ1) is 21.1. The van der Waals surface area contributed by atoms with Crippen LogP contribution in [-0.4, -0.2) is 38.9 Å². The Labute approximate surface area is 186 Å². The highest BCUT2D eigenvalue weighted by Crippen LogP contribution is 2.46. The molecule has 1 aromatic rings. The van der Waals surface area contributed by atoms with Crippen LogP contribution in [0.4, 0.5) is 5.69 Å². The van der Waals surface area contributed by atoms with Crippen LogP contribution < -0.4 is 5.32 Å². The van der Waals surface area contributed by atoms with Gasteiger partial charge in [-0.05, 0) is 54.4 Å². The lowest BCUT2D eigenvalue weighted by molar-refractivity contribution is -0.119. The van der Waals surface area contributed by atoms with Crippen LogP contribution in [0.5, 0.6) is 0 Å². The van der Waals surface area contributed by atoms with Crippen molar-refractivity contribution in [3.63, 3.8) is 0 Å². The van der Waals surface area contributed by atoms with Gasteiger partial charge in [-0.2, -0.15) is 4.99 Å². The van der Waals surface area contributed by atoms with E-state index in [1.54, 1.807) is 11.8 Å². The second-order valence-corrected chi connectivity index (χ2v) is 9.53. The molecule has 2 aliphatic heterocycles. The first-order valence-electron chi connectivity index (χ1n) is 9.49. The van der Waals surface area contributed by atoms with Gasteiger partial charge >= 0.3 is 5.97 Å². The summed E-state index contributed by atoms with van der Waals surface area (Å²) in [7, 11) is 0. The normalized spacial score (nSPS) is 20.7. The molecule has 7 nitrogen and oxygen atoms in total. The van der Waals surface area contributed by atoms with Gasteiger partial charge in [-0.25, -0.2) is 9.79 Å². The molecule has 1 atom stereocenters. The molecule has 2 amide bonds. The van der Waals surface area contributed by atoms with Gasteiger partial charge in [0.05, 0.1) is 21.4 Å². The maximum atomic E-state index is 12.6. The molecule has 0 bridgehead atoms. The number of carboxylic acid groups (broad SMARTS) is 1. The van der Waals surface area contributed by atoms with Crippen LogP contribution in [0.3, 0.4) is 0 Å². The molecule has 2 N–H and O–H groups in total. The Bertz CT molecular complexity index is 1030. The Morgan fingerprint density at radius 1 is 1.23 bits per heavy atom. The minimum atomic E-state index is -1.17. The zero-order valence-electron chi connectivity index (χ0n) is 15.8. The summed E-state index contributed by atoms with van der Waals surface area (Å²) < 4.78 is 0. The topological polar surface area (TPSA) is 108 Å². The van der Waals surface area contributed by atoms with Crippen molar-refractivity contribution >= 4 is 68.8 Å². The fraction of sp³-hybridized carbons (Fsp3) is 0.350. The molecule has 10 heteroatoms. The van der Waals surface area contributed by atoms with Gasteiger partial charge in [0, 0.05) is 5.69 Å².